The van der Waals surface area contributed by atoms with Crippen LogP contribution in [0, 0.1) is 5.82 Å². The SMILES string of the molecule is O=c1cc(O)n(CCc2ccc(F)cc2)c(=O)n1CCOc1ccccc1. The van der Waals surface area contributed by atoms with Crippen LogP contribution in [0.3, 0.4) is 0 Å². The Morgan fingerprint density at radius 2 is 1.63 bits per heavy atom. The first-order valence-electron chi connectivity index (χ1n) is 8.50. The third-order valence-corrected chi connectivity index (χ3v) is 4.12. The van der Waals surface area contributed by atoms with Gasteiger partial charge in [0, 0.05) is 6.54 Å². The molecule has 1 heterocycles. The first kappa shape index (κ1) is 18.4. The fourth-order valence-electron chi connectivity index (χ4n) is 2.68. The lowest BCUT2D eigenvalue weighted by molar-refractivity contribution is 0.288. The fraction of sp³-hybridized carbons (Fsp3) is 0.200. The molecule has 0 bridgehead atoms. The van der Waals surface area contributed by atoms with Crippen molar-refractivity contribution in [3.8, 4) is 11.6 Å². The molecule has 6 nitrogen and oxygen atoms in total. The zero-order valence-electron chi connectivity index (χ0n) is 14.5. The van der Waals surface area contributed by atoms with Gasteiger partial charge in [-0.25, -0.2) is 9.18 Å². The summed E-state index contributed by atoms with van der Waals surface area (Å²) in [7, 11) is 0. The summed E-state index contributed by atoms with van der Waals surface area (Å²) in [6, 6.07) is 16.0. The van der Waals surface area contributed by atoms with E-state index in [-0.39, 0.29) is 25.5 Å². The second-order valence-corrected chi connectivity index (χ2v) is 5.96. The van der Waals surface area contributed by atoms with Crippen molar-refractivity contribution >= 4 is 0 Å². The molecular formula is C20H19FN2O4. The van der Waals surface area contributed by atoms with Gasteiger partial charge in [0.25, 0.3) is 5.56 Å². The van der Waals surface area contributed by atoms with Gasteiger partial charge in [-0.05, 0) is 36.2 Å². The molecule has 0 aliphatic heterocycles. The molecule has 0 unspecified atom stereocenters. The molecule has 0 aliphatic carbocycles. The van der Waals surface area contributed by atoms with Gasteiger partial charge in [-0.2, -0.15) is 0 Å². The second-order valence-electron chi connectivity index (χ2n) is 5.96. The van der Waals surface area contributed by atoms with E-state index in [0.717, 1.165) is 20.8 Å². The van der Waals surface area contributed by atoms with E-state index < -0.39 is 17.1 Å². The highest BCUT2D eigenvalue weighted by molar-refractivity contribution is 5.21. The maximum Gasteiger partial charge on any atom is 0.333 e. The van der Waals surface area contributed by atoms with Gasteiger partial charge in [0.2, 0.25) is 5.88 Å². The molecule has 3 aromatic rings. The Labute approximate surface area is 154 Å². The zero-order chi connectivity index (χ0) is 19.2. The minimum atomic E-state index is -0.612. The molecule has 0 saturated heterocycles. The fourth-order valence-corrected chi connectivity index (χ4v) is 2.68. The van der Waals surface area contributed by atoms with E-state index in [1.54, 1.807) is 24.3 Å². The van der Waals surface area contributed by atoms with Crippen molar-refractivity contribution < 1.29 is 14.2 Å². The Morgan fingerprint density at radius 1 is 0.926 bits per heavy atom. The lowest BCUT2D eigenvalue weighted by Crippen LogP contribution is -2.40. The van der Waals surface area contributed by atoms with Crippen molar-refractivity contribution in [2.75, 3.05) is 6.61 Å². The molecular weight excluding hydrogens is 351 g/mol. The van der Waals surface area contributed by atoms with Gasteiger partial charge in [0.15, 0.2) is 0 Å². The molecule has 0 fully saturated rings. The highest BCUT2D eigenvalue weighted by Gasteiger charge is 2.11. The molecule has 1 aromatic heterocycles. The summed E-state index contributed by atoms with van der Waals surface area (Å²) in [4.78, 5) is 24.6. The predicted molar refractivity (Wildman–Crippen MR) is 98.7 cm³/mol. The third kappa shape index (κ3) is 4.63. The Kier molecular flexibility index (Phi) is 5.71. The molecule has 7 heteroatoms. The molecule has 0 radical (unpaired) electrons. The van der Waals surface area contributed by atoms with Crippen LogP contribution in [0.4, 0.5) is 4.39 Å². The van der Waals surface area contributed by atoms with Crippen LogP contribution in [-0.4, -0.2) is 20.8 Å². The Morgan fingerprint density at radius 3 is 2.33 bits per heavy atom. The van der Waals surface area contributed by atoms with E-state index in [1.807, 2.05) is 18.2 Å². The number of aromatic nitrogens is 2. The van der Waals surface area contributed by atoms with Gasteiger partial charge < -0.3 is 9.84 Å². The van der Waals surface area contributed by atoms with Crippen LogP contribution in [-0.2, 0) is 19.5 Å². The van der Waals surface area contributed by atoms with Gasteiger partial charge in [-0.3, -0.25) is 13.9 Å². The summed E-state index contributed by atoms with van der Waals surface area (Å²) >= 11 is 0. The number of benzene rings is 2. The lowest BCUT2D eigenvalue weighted by atomic mass is 10.1. The maximum atomic E-state index is 13.0. The summed E-state index contributed by atoms with van der Waals surface area (Å²) in [5.41, 5.74) is -0.390. The summed E-state index contributed by atoms with van der Waals surface area (Å²) in [5.74, 6) is -0.0981. The van der Waals surface area contributed by atoms with Crippen LogP contribution in [0.1, 0.15) is 5.56 Å². The average molecular weight is 370 g/mol. The maximum absolute atomic E-state index is 13.0. The second kappa shape index (κ2) is 8.35. The molecule has 0 saturated carbocycles. The van der Waals surface area contributed by atoms with Crippen LogP contribution < -0.4 is 16.0 Å². The first-order chi connectivity index (χ1) is 13.0. The molecule has 3 rings (SSSR count). The monoisotopic (exact) mass is 370 g/mol. The normalized spacial score (nSPS) is 10.7. The molecule has 2 aromatic carbocycles. The van der Waals surface area contributed by atoms with Crippen LogP contribution in [0.15, 0.2) is 70.3 Å². The van der Waals surface area contributed by atoms with Crippen molar-refractivity contribution in [1.29, 1.82) is 0 Å². The minimum absolute atomic E-state index is 0.0589. The van der Waals surface area contributed by atoms with Gasteiger partial charge in [0.1, 0.15) is 18.2 Å². The highest BCUT2D eigenvalue weighted by Crippen LogP contribution is 2.09. The van der Waals surface area contributed by atoms with Gasteiger partial charge in [0.05, 0.1) is 12.6 Å². The summed E-state index contributed by atoms with van der Waals surface area (Å²) in [6.07, 6.45) is 0.409. The van der Waals surface area contributed by atoms with Gasteiger partial charge >= 0.3 is 5.69 Å². The van der Waals surface area contributed by atoms with Crippen LogP contribution >= 0.6 is 0 Å². The highest BCUT2D eigenvalue weighted by atomic mass is 19.1. The van der Waals surface area contributed by atoms with Crippen molar-refractivity contribution in [2.45, 2.75) is 19.5 Å². The average Bonchev–Trinajstić information content (AvgIpc) is 2.66. The summed E-state index contributed by atoms with van der Waals surface area (Å²) in [5, 5.41) is 9.98. The molecule has 0 aliphatic rings. The van der Waals surface area contributed by atoms with E-state index in [2.05, 4.69) is 0 Å². The molecule has 27 heavy (non-hydrogen) atoms. The largest absolute Gasteiger partial charge is 0.494 e. The van der Waals surface area contributed by atoms with Crippen molar-refractivity contribution in [3.05, 3.63) is 92.9 Å². The van der Waals surface area contributed by atoms with Gasteiger partial charge in [-0.15, -0.1) is 0 Å². The minimum Gasteiger partial charge on any atom is -0.494 e. The van der Waals surface area contributed by atoms with Crippen LogP contribution in [0.25, 0.3) is 0 Å². The number of hydrogen-bond acceptors (Lipinski definition) is 4. The smallest absolute Gasteiger partial charge is 0.333 e. The Bertz CT molecular complexity index is 1010. The number of para-hydroxylation sites is 1. The van der Waals surface area contributed by atoms with Crippen LogP contribution in [0.5, 0.6) is 11.6 Å². The summed E-state index contributed by atoms with van der Waals surface area (Å²) in [6.45, 7) is 0.363. The van der Waals surface area contributed by atoms with E-state index in [0.29, 0.717) is 12.2 Å². The van der Waals surface area contributed by atoms with E-state index in [1.165, 1.54) is 12.1 Å². The molecule has 1 N–H and O–H groups in total. The number of aromatic hydroxyl groups is 1. The van der Waals surface area contributed by atoms with E-state index >= 15 is 0 Å². The van der Waals surface area contributed by atoms with Crippen molar-refractivity contribution in [1.82, 2.24) is 9.13 Å². The number of aryl methyl sites for hydroxylation is 1. The van der Waals surface area contributed by atoms with E-state index in [4.69, 9.17) is 4.74 Å². The number of hydrogen-bond donors (Lipinski definition) is 1. The molecule has 0 spiro atoms. The van der Waals surface area contributed by atoms with E-state index in [9.17, 15) is 19.1 Å². The third-order valence-electron chi connectivity index (χ3n) is 4.12. The number of rotatable bonds is 7. The topological polar surface area (TPSA) is 73.5 Å². The Balaban J connectivity index is 1.73. The number of nitrogens with zero attached hydrogens (tertiary/aromatic N) is 2. The Hall–Kier alpha value is -3.35. The standard InChI is InChI=1S/C20H19FN2O4/c21-16-8-6-15(7-9-16)10-11-22-18(24)14-19(25)23(20(22)26)12-13-27-17-4-2-1-3-5-17/h1-9,14,24H,10-13H2. The van der Waals surface area contributed by atoms with Crippen molar-refractivity contribution in [2.24, 2.45) is 0 Å². The zero-order valence-corrected chi connectivity index (χ0v) is 14.5. The first-order valence-corrected chi connectivity index (χ1v) is 8.50. The van der Waals surface area contributed by atoms with Gasteiger partial charge in [-0.1, -0.05) is 30.3 Å². The lowest BCUT2D eigenvalue weighted by Gasteiger charge is -2.12. The number of halogens is 1. The molecule has 0 amide bonds. The molecule has 0 atom stereocenters. The van der Waals surface area contributed by atoms with Crippen LogP contribution in [0.2, 0.25) is 0 Å². The van der Waals surface area contributed by atoms with Crippen molar-refractivity contribution in [3.63, 3.8) is 0 Å². The number of ether oxygens (including phenoxy) is 1. The molecule has 140 valence electrons. The predicted octanol–water partition coefficient (Wildman–Crippen LogP) is 2.18. The summed E-state index contributed by atoms with van der Waals surface area (Å²) < 4.78 is 20.6. The quantitative estimate of drug-likeness (QED) is 0.692.